The Bertz CT molecular complexity index is 199. The molecule has 1 aliphatic heterocycles. The highest BCUT2D eigenvalue weighted by Gasteiger charge is 2.36. The second-order valence-corrected chi connectivity index (χ2v) is 7.56. The molecule has 18 heavy (non-hydrogen) atoms. The fourth-order valence-electron chi connectivity index (χ4n) is 3.07. The molecule has 0 aromatic heterocycles. The highest BCUT2D eigenvalue weighted by molar-refractivity contribution is 8.00. The predicted octanol–water partition coefficient (Wildman–Crippen LogP) is 5.00. The zero-order valence-corrected chi connectivity index (χ0v) is 13.6. The van der Waals surface area contributed by atoms with Crippen LogP contribution in [0, 0.1) is 0 Å². The van der Waals surface area contributed by atoms with Crippen LogP contribution in [0.4, 0.5) is 0 Å². The van der Waals surface area contributed by atoms with E-state index < -0.39 is 0 Å². The van der Waals surface area contributed by atoms with Gasteiger partial charge in [-0.2, -0.15) is 11.8 Å². The molecule has 1 saturated heterocycles. The van der Waals surface area contributed by atoms with Crippen LogP contribution in [0.15, 0.2) is 0 Å². The van der Waals surface area contributed by atoms with Crippen molar-refractivity contribution in [2.24, 2.45) is 0 Å². The van der Waals surface area contributed by atoms with E-state index in [1.165, 1.54) is 63.5 Å². The summed E-state index contributed by atoms with van der Waals surface area (Å²) in [5.41, 5.74) is 0. The second-order valence-electron chi connectivity index (χ2n) is 5.93. The highest BCUT2D eigenvalue weighted by Crippen LogP contribution is 2.41. The molecule has 0 aliphatic carbocycles. The summed E-state index contributed by atoms with van der Waals surface area (Å²) in [6.07, 6.45) is 12.7. The summed E-state index contributed by atoms with van der Waals surface area (Å²) < 4.78 is 0.513. The van der Waals surface area contributed by atoms with Gasteiger partial charge >= 0.3 is 0 Å². The van der Waals surface area contributed by atoms with Gasteiger partial charge in [-0.25, -0.2) is 0 Å². The maximum absolute atomic E-state index is 3.75. The molecule has 2 unspecified atom stereocenters. The summed E-state index contributed by atoms with van der Waals surface area (Å²) >= 11 is 2.20. The van der Waals surface area contributed by atoms with E-state index in [0.717, 1.165) is 12.6 Å². The van der Waals surface area contributed by atoms with Crippen molar-refractivity contribution in [1.82, 2.24) is 5.32 Å². The molecule has 2 atom stereocenters. The molecule has 1 N–H and O–H groups in total. The monoisotopic (exact) mass is 271 g/mol. The number of rotatable bonds is 10. The van der Waals surface area contributed by atoms with Gasteiger partial charge in [-0.15, -0.1) is 0 Å². The van der Waals surface area contributed by atoms with E-state index in [0.29, 0.717) is 4.75 Å². The third-order valence-electron chi connectivity index (χ3n) is 4.28. The van der Waals surface area contributed by atoms with Gasteiger partial charge in [0.25, 0.3) is 0 Å². The first-order chi connectivity index (χ1) is 8.73. The van der Waals surface area contributed by atoms with Gasteiger partial charge in [0.05, 0.1) is 0 Å². The molecular formula is C16H33NS. The Hall–Kier alpha value is 0.310. The first kappa shape index (κ1) is 16.4. The van der Waals surface area contributed by atoms with Crippen molar-refractivity contribution >= 4 is 11.8 Å². The van der Waals surface area contributed by atoms with Gasteiger partial charge in [-0.05, 0) is 38.5 Å². The van der Waals surface area contributed by atoms with Crippen LogP contribution in [0.2, 0.25) is 0 Å². The molecule has 1 aliphatic rings. The van der Waals surface area contributed by atoms with E-state index in [9.17, 15) is 0 Å². The molecule has 0 bridgehead atoms. The predicted molar refractivity (Wildman–Crippen MR) is 85.6 cm³/mol. The van der Waals surface area contributed by atoms with Gasteiger partial charge < -0.3 is 5.32 Å². The lowest BCUT2D eigenvalue weighted by atomic mass is 9.91. The van der Waals surface area contributed by atoms with E-state index in [1.54, 1.807) is 0 Å². The summed E-state index contributed by atoms with van der Waals surface area (Å²) in [4.78, 5) is 0. The Morgan fingerprint density at radius 3 is 2.44 bits per heavy atom. The first-order valence-corrected chi connectivity index (χ1v) is 9.09. The lowest BCUT2D eigenvalue weighted by Gasteiger charge is -2.34. The van der Waals surface area contributed by atoms with E-state index in [4.69, 9.17) is 0 Å². The van der Waals surface area contributed by atoms with Crippen molar-refractivity contribution < 1.29 is 0 Å². The van der Waals surface area contributed by atoms with Crippen molar-refractivity contribution in [2.75, 3.05) is 12.3 Å². The van der Waals surface area contributed by atoms with Gasteiger partial charge in [-0.1, -0.05) is 52.4 Å². The van der Waals surface area contributed by atoms with E-state index >= 15 is 0 Å². The topological polar surface area (TPSA) is 12.0 Å². The van der Waals surface area contributed by atoms with Crippen molar-refractivity contribution in [3.05, 3.63) is 0 Å². The van der Waals surface area contributed by atoms with Crippen molar-refractivity contribution in [3.8, 4) is 0 Å². The smallest absolute Gasteiger partial charge is 0.0285 e. The molecule has 0 saturated carbocycles. The van der Waals surface area contributed by atoms with Gasteiger partial charge in [0, 0.05) is 10.8 Å². The first-order valence-electron chi connectivity index (χ1n) is 8.10. The van der Waals surface area contributed by atoms with Gasteiger partial charge in [0.1, 0.15) is 0 Å². The molecule has 0 aromatic carbocycles. The fourth-order valence-corrected chi connectivity index (χ4v) is 4.52. The minimum atomic E-state index is 0.513. The molecule has 0 spiro atoms. The molecular weight excluding hydrogens is 238 g/mol. The van der Waals surface area contributed by atoms with Crippen LogP contribution in [0.25, 0.3) is 0 Å². The van der Waals surface area contributed by atoms with E-state index in [-0.39, 0.29) is 0 Å². The van der Waals surface area contributed by atoms with Gasteiger partial charge in [0.2, 0.25) is 0 Å². The van der Waals surface area contributed by atoms with Crippen LogP contribution in [-0.2, 0) is 0 Å². The quantitative estimate of drug-likeness (QED) is 0.561. The Morgan fingerprint density at radius 2 is 1.83 bits per heavy atom. The molecule has 108 valence electrons. The molecule has 1 fully saturated rings. The minimum absolute atomic E-state index is 0.513. The molecule has 1 nitrogen and oxygen atoms in total. The Kier molecular flexibility index (Phi) is 8.41. The standard InChI is InChI=1S/C16H33NS/c1-4-6-7-8-9-10-12-15(17-5-2)16(3)13-11-14-18-16/h15,17H,4-14H2,1-3H3. The lowest BCUT2D eigenvalue weighted by molar-refractivity contribution is 0.373. The Labute approximate surface area is 119 Å². The molecule has 0 amide bonds. The summed E-state index contributed by atoms with van der Waals surface area (Å²) in [6, 6.07) is 0.737. The summed E-state index contributed by atoms with van der Waals surface area (Å²) in [5, 5.41) is 3.75. The fraction of sp³-hybridized carbons (Fsp3) is 1.00. The molecule has 1 rings (SSSR count). The second kappa shape index (κ2) is 9.25. The normalized spacial score (nSPS) is 25.5. The van der Waals surface area contributed by atoms with Crippen molar-refractivity contribution in [3.63, 3.8) is 0 Å². The third kappa shape index (κ3) is 5.52. The number of thioether (sulfide) groups is 1. The maximum atomic E-state index is 3.75. The van der Waals surface area contributed by atoms with Crippen LogP contribution in [0.3, 0.4) is 0 Å². The van der Waals surface area contributed by atoms with Crippen molar-refractivity contribution in [1.29, 1.82) is 0 Å². The average Bonchev–Trinajstić information content (AvgIpc) is 2.80. The summed E-state index contributed by atoms with van der Waals surface area (Å²) in [5.74, 6) is 1.37. The molecule has 1 heterocycles. The van der Waals surface area contributed by atoms with Gasteiger partial charge in [0.15, 0.2) is 0 Å². The summed E-state index contributed by atoms with van der Waals surface area (Å²) in [7, 11) is 0. The van der Waals surface area contributed by atoms with E-state index in [2.05, 4.69) is 37.8 Å². The minimum Gasteiger partial charge on any atom is -0.313 e. The SMILES string of the molecule is CCCCCCCCC(NCC)C1(C)CCCS1. The number of hydrogen-bond donors (Lipinski definition) is 1. The van der Waals surface area contributed by atoms with Crippen LogP contribution < -0.4 is 5.32 Å². The average molecular weight is 272 g/mol. The highest BCUT2D eigenvalue weighted by atomic mass is 32.2. The van der Waals surface area contributed by atoms with Crippen LogP contribution in [0.5, 0.6) is 0 Å². The molecule has 0 aromatic rings. The molecule has 2 heteroatoms. The lowest BCUT2D eigenvalue weighted by Crippen LogP contribution is -2.45. The third-order valence-corrected chi connectivity index (χ3v) is 5.92. The Balaban J connectivity index is 2.21. The summed E-state index contributed by atoms with van der Waals surface area (Å²) in [6.45, 7) is 8.14. The van der Waals surface area contributed by atoms with Crippen molar-refractivity contribution in [2.45, 2.75) is 89.3 Å². The van der Waals surface area contributed by atoms with Crippen LogP contribution >= 0.6 is 11.8 Å². The number of unbranched alkanes of at least 4 members (excludes halogenated alkanes) is 5. The van der Waals surface area contributed by atoms with Crippen LogP contribution in [-0.4, -0.2) is 23.1 Å². The zero-order chi connectivity index (χ0) is 13.3. The zero-order valence-electron chi connectivity index (χ0n) is 12.8. The number of nitrogens with one attached hydrogen (secondary N) is 1. The molecule has 0 radical (unpaired) electrons. The largest absolute Gasteiger partial charge is 0.313 e. The van der Waals surface area contributed by atoms with Gasteiger partial charge in [-0.3, -0.25) is 0 Å². The van der Waals surface area contributed by atoms with E-state index in [1.807, 2.05) is 0 Å². The number of hydrogen-bond acceptors (Lipinski definition) is 2. The van der Waals surface area contributed by atoms with Crippen LogP contribution in [0.1, 0.15) is 78.6 Å². The maximum Gasteiger partial charge on any atom is 0.0285 e. The Morgan fingerprint density at radius 1 is 1.11 bits per heavy atom.